The Bertz CT molecular complexity index is 1420. The summed E-state index contributed by atoms with van der Waals surface area (Å²) in [5.74, 6) is 0.388. The van der Waals surface area contributed by atoms with Crippen molar-refractivity contribution in [3.63, 3.8) is 0 Å². The van der Waals surface area contributed by atoms with Crippen LogP contribution in [0.3, 0.4) is 0 Å². The molecule has 1 N–H and O–H groups in total. The van der Waals surface area contributed by atoms with Crippen LogP contribution in [0.5, 0.6) is 0 Å². The van der Waals surface area contributed by atoms with Crippen molar-refractivity contribution in [2.75, 3.05) is 12.3 Å². The summed E-state index contributed by atoms with van der Waals surface area (Å²) in [6.07, 6.45) is 4.28. The van der Waals surface area contributed by atoms with Gasteiger partial charge in [-0.05, 0) is 68.9 Å². The number of H-pyrrole nitrogens is 1. The minimum absolute atomic E-state index is 0.122. The van der Waals surface area contributed by atoms with Crippen LogP contribution >= 0.6 is 11.8 Å². The summed E-state index contributed by atoms with van der Waals surface area (Å²) >= 11 is 1.36. The van der Waals surface area contributed by atoms with Gasteiger partial charge < -0.3 is 9.88 Å². The van der Waals surface area contributed by atoms with Crippen molar-refractivity contribution >= 4 is 39.6 Å². The molecule has 0 spiro atoms. The monoisotopic (exact) mass is 474 g/mol. The predicted molar refractivity (Wildman–Crippen MR) is 139 cm³/mol. The zero-order valence-electron chi connectivity index (χ0n) is 19.9. The Morgan fingerprint density at radius 3 is 2.68 bits per heavy atom. The first-order chi connectivity index (χ1) is 16.5. The largest absolute Gasteiger partial charge is 0.349 e. The van der Waals surface area contributed by atoms with E-state index in [1.54, 1.807) is 4.57 Å². The first kappa shape index (κ1) is 22.7. The molecular weight excluding hydrogens is 444 g/mol. The SMILES string of the molecule is CCC1CCCCN1C(=O)CSc1nc2c([nH]c3ccccc32)c(=O)n1-c1cc(C)cc(C)c1. The van der Waals surface area contributed by atoms with Crippen molar-refractivity contribution in [3.05, 3.63) is 63.9 Å². The summed E-state index contributed by atoms with van der Waals surface area (Å²) in [5.41, 5.74) is 4.79. The van der Waals surface area contributed by atoms with Crippen molar-refractivity contribution < 1.29 is 4.79 Å². The molecule has 1 aliphatic heterocycles. The number of aromatic amines is 1. The highest BCUT2D eigenvalue weighted by Gasteiger charge is 2.26. The normalized spacial score (nSPS) is 16.4. The minimum atomic E-state index is -0.148. The summed E-state index contributed by atoms with van der Waals surface area (Å²) in [7, 11) is 0. The van der Waals surface area contributed by atoms with Gasteiger partial charge in [-0.25, -0.2) is 4.98 Å². The number of piperidine rings is 1. The number of carbonyl (C=O) groups excluding carboxylic acids is 1. The number of likely N-dealkylation sites (tertiary alicyclic amines) is 1. The Kier molecular flexibility index (Phi) is 6.21. The standard InChI is InChI=1S/C27H30N4O2S/c1-4-19-9-7-8-12-30(19)23(32)16-34-27-29-24-21-10-5-6-11-22(21)28-25(24)26(33)31(27)20-14-17(2)13-18(3)15-20/h5-6,10-11,13-15,19,28H,4,7-9,12,16H2,1-3H3. The molecule has 2 aromatic heterocycles. The number of thioether (sulfide) groups is 1. The molecule has 7 heteroatoms. The number of aryl methyl sites for hydroxylation is 2. The van der Waals surface area contributed by atoms with Crippen LogP contribution in [-0.4, -0.2) is 43.7 Å². The summed E-state index contributed by atoms with van der Waals surface area (Å²) in [6, 6.07) is 14.2. The van der Waals surface area contributed by atoms with Crippen LogP contribution in [0.25, 0.3) is 27.6 Å². The van der Waals surface area contributed by atoms with E-state index < -0.39 is 0 Å². The minimum Gasteiger partial charge on any atom is -0.349 e. The van der Waals surface area contributed by atoms with Gasteiger partial charge in [-0.2, -0.15) is 0 Å². The number of nitrogens with zero attached hydrogens (tertiary/aromatic N) is 3. The molecule has 1 saturated heterocycles. The van der Waals surface area contributed by atoms with Crippen LogP contribution in [0.4, 0.5) is 0 Å². The number of carbonyl (C=O) groups is 1. The molecule has 176 valence electrons. The lowest BCUT2D eigenvalue weighted by Gasteiger charge is -2.35. The van der Waals surface area contributed by atoms with E-state index in [-0.39, 0.29) is 17.2 Å². The third kappa shape index (κ3) is 4.13. The molecule has 1 amide bonds. The number of hydrogen-bond donors (Lipinski definition) is 1. The van der Waals surface area contributed by atoms with Crippen LogP contribution < -0.4 is 5.56 Å². The number of fused-ring (bicyclic) bond motifs is 3. The van der Waals surface area contributed by atoms with E-state index in [2.05, 4.69) is 18.0 Å². The number of para-hydroxylation sites is 1. The molecule has 34 heavy (non-hydrogen) atoms. The van der Waals surface area contributed by atoms with Crippen LogP contribution in [0.15, 0.2) is 52.4 Å². The van der Waals surface area contributed by atoms with Crippen LogP contribution in [-0.2, 0) is 4.79 Å². The number of benzene rings is 2. The lowest BCUT2D eigenvalue weighted by atomic mass is 10.0. The average Bonchev–Trinajstić information content (AvgIpc) is 3.21. The molecule has 5 rings (SSSR count). The highest BCUT2D eigenvalue weighted by molar-refractivity contribution is 7.99. The molecule has 1 atom stereocenters. The van der Waals surface area contributed by atoms with E-state index in [1.165, 1.54) is 18.2 Å². The molecule has 0 aliphatic carbocycles. The van der Waals surface area contributed by atoms with Gasteiger partial charge >= 0.3 is 0 Å². The Hall–Kier alpha value is -3.06. The van der Waals surface area contributed by atoms with Crippen molar-refractivity contribution in [3.8, 4) is 5.69 Å². The van der Waals surface area contributed by atoms with E-state index in [9.17, 15) is 9.59 Å². The molecule has 3 heterocycles. The molecule has 6 nitrogen and oxygen atoms in total. The Morgan fingerprint density at radius 2 is 1.91 bits per heavy atom. The smallest absolute Gasteiger partial charge is 0.283 e. The third-order valence-corrected chi connectivity index (χ3v) is 7.63. The molecule has 1 aliphatic rings. The third-order valence-electron chi connectivity index (χ3n) is 6.70. The van der Waals surface area contributed by atoms with Gasteiger partial charge in [0.25, 0.3) is 5.56 Å². The maximum atomic E-state index is 13.8. The van der Waals surface area contributed by atoms with E-state index in [0.29, 0.717) is 22.2 Å². The number of rotatable bonds is 5. The molecule has 2 aromatic carbocycles. The van der Waals surface area contributed by atoms with Crippen molar-refractivity contribution in [1.29, 1.82) is 0 Å². The second-order valence-corrected chi connectivity index (χ2v) is 10.2. The van der Waals surface area contributed by atoms with Gasteiger partial charge in [-0.1, -0.05) is 43.0 Å². The highest BCUT2D eigenvalue weighted by atomic mass is 32.2. The number of amides is 1. The van der Waals surface area contributed by atoms with E-state index >= 15 is 0 Å². The predicted octanol–water partition coefficient (Wildman–Crippen LogP) is 5.37. The topological polar surface area (TPSA) is 71.0 Å². The molecule has 1 fully saturated rings. The van der Waals surface area contributed by atoms with Crippen LogP contribution in [0, 0.1) is 13.8 Å². The lowest BCUT2D eigenvalue weighted by molar-refractivity contribution is -0.132. The van der Waals surface area contributed by atoms with Crippen LogP contribution in [0.1, 0.15) is 43.7 Å². The fourth-order valence-electron chi connectivity index (χ4n) is 5.11. The van der Waals surface area contributed by atoms with Crippen molar-refractivity contribution in [1.82, 2.24) is 19.4 Å². The Balaban J connectivity index is 1.60. The fraction of sp³-hybridized carbons (Fsp3) is 0.370. The first-order valence-electron chi connectivity index (χ1n) is 12.0. The van der Waals surface area contributed by atoms with Crippen molar-refractivity contribution in [2.24, 2.45) is 0 Å². The molecular formula is C27H30N4O2S. The van der Waals surface area contributed by atoms with E-state index in [4.69, 9.17) is 4.98 Å². The molecule has 0 radical (unpaired) electrons. The quantitative estimate of drug-likeness (QED) is 0.312. The van der Waals surface area contributed by atoms with Gasteiger partial charge in [-0.3, -0.25) is 14.2 Å². The van der Waals surface area contributed by atoms with Gasteiger partial charge in [0.2, 0.25) is 5.91 Å². The van der Waals surface area contributed by atoms with Gasteiger partial charge in [0.1, 0.15) is 11.0 Å². The summed E-state index contributed by atoms with van der Waals surface area (Å²) in [5, 5.41) is 1.46. The summed E-state index contributed by atoms with van der Waals surface area (Å²) < 4.78 is 1.66. The maximum Gasteiger partial charge on any atom is 0.283 e. The molecule has 1 unspecified atom stereocenters. The average molecular weight is 475 g/mol. The fourth-order valence-corrected chi connectivity index (χ4v) is 6.00. The zero-order chi connectivity index (χ0) is 23.8. The molecule has 4 aromatic rings. The van der Waals surface area contributed by atoms with Gasteiger partial charge in [0.05, 0.1) is 11.4 Å². The first-order valence-corrected chi connectivity index (χ1v) is 13.0. The van der Waals surface area contributed by atoms with E-state index in [1.807, 2.05) is 55.1 Å². The molecule has 0 saturated carbocycles. The van der Waals surface area contributed by atoms with E-state index in [0.717, 1.165) is 53.5 Å². The maximum absolute atomic E-state index is 13.8. The number of aromatic nitrogens is 3. The second kappa shape index (κ2) is 9.29. The number of hydrogen-bond acceptors (Lipinski definition) is 4. The summed E-state index contributed by atoms with van der Waals surface area (Å²) in [6.45, 7) is 7.01. The van der Waals surface area contributed by atoms with Crippen LogP contribution in [0.2, 0.25) is 0 Å². The Morgan fingerprint density at radius 1 is 1.15 bits per heavy atom. The number of nitrogens with one attached hydrogen (secondary N) is 1. The van der Waals surface area contributed by atoms with Gasteiger partial charge in [0, 0.05) is 23.5 Å². The van der Waals surface area contributed by atoms with Gasteiger partial charge in [-0.15, -0.1) is 0 Å². The Labute approximate surface area is 203 Å². The van der Waals surface area contributed by atoms with Crippen molar-refractivity contribution in [2.45, 2.75) is 57.7 Å². The highest BCUT2D eigenvalue weighted by Crippen LogP contribution is 2.28. The lowest BCUT2D eigenvalue weighted by Crippen LogP contribution is -2.44. The van der Waals surface area contributed by atoms with Gasteiger partial charge in [0.15, 0.2) is 5.16 Å². The zero-order valence-corrected chi connectivity index (χ0v) is 20.7. The molecule has 0 bridgehead atoms. The second-order valence-electron chi connectivity index (χ2n) is 9.21. The summed E-state index contributed by atoms with van der Waals surface area (Å²) in [4.78, 5) is 37.2.